The molecule has 3 rings (SSSR count). The van der Waals surface area contributed by atoms with Crippen molar-refractivity contribution in [2.75, 3.05) is 0 Å². The van der Waals surface area contributed by atoms with Crippen LogP contribution in [0.4, 0.5) is 0 Å². The fourth-order valence-corrected chi connectivity index (χ4v) is 2.56. The van der Waals surface area contributed by atoms with Crippen LogP contribution < -0.4 is 5.32 Å². The average molecular weight is 339 g/mol. The summed E-state index contributed by atoms with van der Waals surface area (Å²) in [5, 5.41) is 12.6. The second kappa shape index (κ2) is 7.15. The third-order valence-corrected chi connectivity index (χ3v) is 3.90. The van der Waals surface area contributed by atoms with Crippen molar-refractivity contribution in [3.05, 3.63) is 94.8 Å². The first-order valence-corrected chi connectivity index (χ1v) is 7.78. The van der Waals surface area contributed by atoms with Crippen LogP contribution in [0, 0.1) is 0 Å². The van der Waals surface area contributed by atoms with Gasteiger partial charge in [-0.1, -0.05) is 48.0 Å². The highest BCUT2D eigenvalue weighted by molar-refractivity contribution is 6.32. The minimum atomic E-state index is -0.382. The summed E-state index contributed by atoms with van der Waals surface area (Å²) in [5.74, 6) is -0.353. The molecule has 24 heavy (non-hydrogen) atoms. The first kappa shape index (κ1) is 16.0. The number of halogens is 1. The van der Waals surface area contributed by atoms with E-state index in [0.717, 1.165) is 11.3 Å². The Morgan fingerprint density at radius 3 is 2.46 bits per heavy atom. The molecule has 0 aliphatic carbocycles. The summed E-state index contributed by atoms with van der Waals surface area (Å²) in [5.41, 5.74) is 2.03. The zero-order valence-electron chi connectivity index (χ0n) is 12.7. The third-order valence-electron chi connectivity index (χ3n) is 3.60. The first-order chi connectivity index (χ1) is 11.6. The summed E-state index contributed by atoms with van der Waals surface area (Å²) in [7, 11) is 0. The molecule has 0 fully saturated rings. The van der Waals surface area contributed by atoms with Gasteiger partial charge < -0.3 is 10.4 Å². The van der Waals surface area contributed by atoms with E-state index in [2.05, 4.69) is 10.3 Å². The number of aromatic hydroxyl groups is 1. The van der Waals surface area contributed by atoms with Crippen LogP contribution in [-0.2, 0) is 0 Å². The molecule has 0 aliphatic rings. The Morgan fingerprint density at radius 2 is 1.79 bits per heavy atom. The van der Waals surface area contributed by atoms with E-state index in [0.29, 0.717) is 5.56 Å². The molecule has 2 N–H and O–H groups in total. The standard InChI is InChI=1S/C19H15ClN2O2/c20-15-12-14(9-10-17(15)23)19(24)22-18(13-6-2-1-3-7-13)16-8-4-5-11-21-16/h1-12,18,23H,(H,22,24)/t18-/m1/s1. The SMILES string of the molecule is O=C(N[C@H](c1ccccc1)c1ccccn1)c1ccc(O)c(Cl)c1. The van der Waals surface area contributed by atoms with Crippen molar-refractivity contribution < 1.29 is 9.90 Å². The molecule has 0 saturated carbocycles. The van der Waals surface area contributed by atoms with Gasteiger partial charge in [0.1, 0.15) is 5.75 Å². The van der Waals surface area contributed by atoms with Crippen LogP contribution in [0.3, 0.4) is 0 Å². The van der Waals surface area contributed by atoms with Gasteiger partial charge in [0.2, 0.25) is 0 Å². The highest BCUT2D eigenvalue weighted by atomic mass is 35.5. The summed E-state index contributed by atoms with van der Waals surface area (Å²) in [6.45, 7) is 0. The van der Waals surface area contributed by atoms with Gasteiger partial charge in [-0.2, -0.15) is 0 Å². The van der Waals surface area contributed by atoms with Gasteiger partial charge in [-0.25, -0.2) is 0 Å². The lowest BCUT2D eigenvalue weighted by Gasteiger charge is -2.19. The molecule has 4 nitrogen and oxygen atoms in total. The topological polar surface area (TPSA) is 62.2 Å². The molecule has 1 aromatic heterocycles. The third kappa shape index (κ3) is 3.55. The lowest BCUT2D eigenvalue weighted by atomic mass is 10.0. The molecule has 0 unspecified atom stereocenters. The van der Waals surface area contributed by atoms with Crippen LogP contribution in [0.1, 0.15) is 27.7 Å². The molecule has 3 aromatic rings. The van der Waals surface area contributed by atoms with Crippen molar-refractivity contribution in [3.63, 3.8) is 0 Å². The molecular formula is C19H15ClN2O2. The number of hydrogen-bond donors (Lipinski definition) is 2. The Kier molecular flexibility index (Phi) is 4.77. The minimum Gasteiger partial charge on any atom is -0.506 e. The quantitative estimate of drug-likeness (QED) is 0.757. The van der Waals surface area contributed by atoms with E-state index in [1.54, 1.807) is 6.20 Å². The van der Waals surface area contributed by atoms with Gasteiger partial charge in [0.25, 0.3) is 5.91 Å². The van der Waals surface area contributed by atoms with Crippen LogP contribution in [0.25, 0.3) is 0 Å². The summed E-state index contributed by atoms with van der Waals surface area (Å²) in [6.07, 6.45) is 1.69. The number of nitrogens with zero attached hydrogens (tertiary/aromatic N) is 1. The normalized spacial score (nSPS) is 11.7. The van der Waals surface area contributed by atoms with Gasteiger partial charge in [0.15, 0.2) is 0 Å². The summed E-state index contributed by atoms with van der Waals surface area (Å²) in [6, 6.07) is 19.2. The molecule has 0 radical (unpaired) electrons. The van der Waals surface area contributed by atoms with Gasteiger partial charge >= 0.3 is 0 Å². The Hall–Kier alpha value is -2.85. The number of nitrogens with one attached hydrogen (secondary N) is 1. The Labute approximate surface area is 144 Å². The molecular weight excluding hydrogens is 324 g/mol. The number of phenols is 1. The van der Waals surface area contributed by atoms with Gasteiger partial charge in [0, 0.05) is 11.8 Å². The molecule has 0 saturated heterocycles. The van der Waals surface area contributed by atoms with Gasteiger partial charge in [-0.15, -0.1) is 0 Å². The smallest absolute Gasteiger partial charge is 0.252 e. The largest absolute Gasteiger partial charge is 0.506 e. The number of benzene rings is 2. The highest BCUT2D eigenvalue weighted by Crippen LogP contribution is 2.25. The Bertz CT molecular complexity index is 799. The molecule has 0 aliphatic heterocycles. The van der Waals surface area contributed by atoms with Gasteiger partial charge in [-0.05, 0) is 35.9 Å². The van der Waals surface area contributed by atoms with E-state index in [9.17, 15) is 9.90 Å². The van der Waals surface area contributed by atoms with E-state index in [-0.39, 0.29) is 22.7 Å². The number of aromatic nitrogens is 1. The summed E-state index contributed by atoms with van der Waals surface area (Å²) in [4.78, 5) is 16.9. The molecule has 5 heteroatoms. The van der Waals surface area contributed by atoms with Crippen molar-refractivity contribution in [3.8, 4) is 5.75 Å². The van der Waals surface area contributed by atoms with E-state index in [4.69, 9.17) is 11.6 Å². The van der Waals surface area contributed by atoms with Crippen molar-refractivity contribution in [2.24, 2.45) is 0 Å². The molecule has 120 valence electrons. The minimum absolute atomic E-state index is 0.0578. The molecule has 0 spiro atoms. The zero-order valence-corrected chi connectivity index (χ0v) is 13.4. The van der Waals surface area contributed by atoms with Gasteiger partial charge in [0.05, 0.1) is 16.8 Å². The number of hydrogen-bond acceptors (Lipinski definition) is 3. The Balaban J connectivity index is 1.92. The molecule has 2 aromatic carbocycles. The monoisotopic (exact) mass is 338 g/mol. The summed E-state index contributed by atoms with van der Waals surface area (Å²) < 4.78 is 0. The molecule has 1 heterocycles. The zero-order chi connectivity index (χ0) is 16.9. The average Bonchev–Trinajstić information content (AvgIpc) is 2.63. The molecule has 1 atom stereocenters. The fraction of sp³-hybridized carbons (Fsp3) is 0.0526. The van der Waals surface area contributed by atoms with Crippen molar-refractivity contribution >= 4 is 17.5 Å². The lowest BCUT2D eigenvalue weighted by molar-refractivity contribution is 0.0942. The van der Waals surface area contributed by atoms with Crippen molar-refractivity contribution in [1.29, 1.82) is 0 Å². The van der Waals surface area contributed by atoms with Crippen LogP contribution in [0.5, 0.6) is 5.75 Å². The number of carbonyl (C=O) groups is 1. The number of pyridine rings is 1. The number of carbonyl (C=O) groups excluding carboxylic acids is 1. The molecule has 0 bridgehead atoms. The predicted octanol–water partition coefficient (Wildman–Crippen LogP) is 3.96. The maximum Gasteiger partial charge on any atom is 0.252 e. The first-order valence-electron chi connectivity index (χ1n) is 7.40. The van der Waals surface area contributed by atoms with Gasteiger partial charge in [-0.3, -0.25) is 9.78 Å². The fourth-order valence-electron chi connectivity index (χ4n) is 2.38. The summed E-state index contributed by atoms with van der Waals surface area (Å²) >= 11 is 5.89. The van der Waals surface area contributed by atoms with E-state index in [1.165, 1.54) is 18.2 Å². The van der Waals surface area contributed by atoms with Crippen LogP contribution >= 0.6 is 11.6 Å². The maximum absolute atomic E-state index is 12.6. The van der Waals surface area contributed by atoms with E-state index >= 15 is 0 Å². The number of amides is 1. The second-order valence-electron chi connectivity index (χ2n) is 5.24. The van der Waals surface area contributed by atoms with Crippen LogP contribution in [-0.4, -0.2) is 16.0 Å². The predicted molar refractivity (Wildman–Crippen MR) is 93.1 cm³/mol. The molecule has 1 amide bonds. The number of phenolic OH excluding ortho intramolecular Hbond substituents is 1. The maximum atomic E-state index is 12.6. The highest BCUT2D eigenvalue weighted by Gasteiger charge is 2.19. The van der Waals surface area contributed by atoms with E-state index in [1.807, 2.05) is 48.5 Å². The van der Waals surface area contributed by atoms with E-state index < -0.39 is 0 Å². The van der Waals surface area contributed by atoms with Crippen LogP contribution in [0.2, 0.25) is 5.02 Å². The van der Waals surface area contributed by atoms with Crippen molar-refractivity contribution in [2.45, 2.75) is 6.04 Å². The van der Waals surface area contributed by atoms with Crippen LogP contribution in [0.15, 0.2) is 72.9 Å². The Morgan fingerprint density at radius 1 is 1.04 bits per heavy atom. The number of rotatable bonds is 4. The lowest BCUT2D eigenvalue weighted by Crippen LogP contribution is -2.29. The second-order valence-corrected chi connectivity index (χ2v) is 5.65. The van der Waals surface area contributed by atoms with Crippen molar-refractivity contribution in [1.82, 2.24) is 10.3 Å².